The number of H-pyrrole nitrogens is 1. The second kappa shape index (κ2) is 4.67. The molecule has 0 spiro atoms. The molecule has 1 aromatic heterocycles. The van der Waals surface area contributed by atoms with E-state index in [9.17, 15) is 0 Å². The summed E-state index contributed by atoms with van der Waals surface area (Å²) in [6.45, 7) is 6.65. The van der Waals surface area contributed by atoms with Crippen molar-refractivity contribution in [1.82, 2.24) is 9.97 Å². The number of nitrogens with zero attached hydrogens (tertiary/aromatic N) is 1. The SMILES string of the molecule is CC(C)(C)c1ccc(Nc2nc3ccccc3[nH]2)cc1. The molecule has 3 aromatic rings. The maximum atomic E-state index is 4.51. The van der Waals surface area contributed by atoms with E-state index in [4.69, 9.17) is 0 Å². The predicted octanol–water partition coefficient (Wildman–Crippen LogP) is 4.60. The molecule has 3 heteroatoms. The van der Waals surface area contributed by atoms with Crippen LogP contribution in [0.15, 0.2) is 48.5 Å². The molecule has 20 heavy (non-hydrogen) atoms. The van der Waals surface area contributed by atoms with Crippen LogP contribution in [-0.4, -0.2) is 9.97 Å². The standard InChI is InChI=1S/C17H19N3/c1-17(2,3)12-8-10-13(11-9-12)18-16-19-14-6-4-5-7-15(14)20-16/h4-11H,1-3H3,(H2,18,19,20). The quantitative estimate of drug-likeness (QED) is 0.710. The Labute approximate surface area is 119 Å². The Morgan fingerprint density at radius 1 is 0.950 bits per heavy atom. The number of nitrogens with one attached hydrogen (secondary N) is 2. The van der Waals surface area contributed by atoms with E-state index in [1.807, 2.05) is 24.3 Å². The molecule has 0 unspecified atom stereocenters. The van der Waals surface area contributed by atoms with Crippen molar-refractivity contribution in [1.29, 1.82) is 0 Å². The van der Waals surface area contributed by atoms with Gasteiger partial charge in [0.25, 0.3) is 0 Å². The summed E-state index contributed by atoms with van der Waals surface area (Å²) in [5, 5.41) is 3.31. The fraction of sp³-hybridized carbons (Fsp3) is 0.235. The molecule has 0 aliphatic carbocycles. The van der Waals surface area contributed by atoms with Crippen LogP contribution in [0.4, 0.5) is 11.6 Å². The smallest absolute Gasteiger partial charge is 0.205 e. The molecule has 0 atom stereocenters. The van der Waals surface area contributed by atoms with E-state index in [1.54, 1.807) is 0 Å². The summed E-state index contributed by atoms with van der Waals surface area (Å²) in [6, 6.07) is 16.5. The van der Waals surface area contributed by atoms with Gasteiger partial charge >= 0.3 is 0 Å². The van der Waals surface area contributed by atoms with Crippen molar-refractivity contribution in [3.63, 3.8) is 0 Å². The highest BCUT2D eigenvalue weighted by atomic mass is 15.1. The third-order valence-electron chi connectivity index (χ3n) is 3.40. The molecule has 3 nitrogen and oxygen atoms in total. The molecule has 0 radical (unpaired) electrons. The van der Waals surface area contributed by atoms with Gasteiger partial charge in [-0.25, -0.2) is 4.98 Å². The van der Waals surface area contributed by atoms with Crippen LogP contribution in [0.5, 0.6) is 0 Å². The second-order valence-electron chi connectivity index (χ2n) is 6.05. The van der Waals surface area contributed by atoms with Gasteiger partial charge in [0.15, 0.2) is 0 Å². The van der Waals surface area contributed by atoms with Crippen molar-refractivity contribution in [2.24, 2.45) is 0 Å². The Kier molecular flexibility index (Phi) is 2.97. The van der Waals surface area contributed by atoms with E-state index in [2.05, 4.69) is 60.3 Å². The van der Waals surface area contributed by atoms with Crippen molar-refractivity contribution in [3.8, 4) is 0 Å². The molecule has 0 saturated carbocycles. The van der Waals surface area contributed by atoms with Crippen LogP contribution in [0.3, 0.4) is 0 Å². The van der Waals surface area contributed by atoms with Gasteiger partial charge in [0, 0.05) is 5.69 Å². The Bertz CT molecular complexity index is 685. The summed E-state index contributed by atoms with van der Waals surface area (Å²) in [5.41, 5.74) is 4.56. The maximum Gasteiger partial charge on any atom is 0.205 e. The van der Waals surface area contributed by atoms with Crippen LogP contribution in [0, 0.1) is 0 Å². The van der Waals surface area contributed by atoms with Crippen LogP contribution in [0.1, 0.15) is 26.3 Å². The number of aromatic amines is 1. The van der Waals surface area contributed by atoms with E-state index in [0.717, 1.165) is 22.7 Å². The van der Waals surface area contributed by atoms with Crippen LogP contribution in [0.2, 0.25) is 0 Å². The van der Waals surface area contributed by atoms with E-state index in [1.165, 1.54) is 5.56 Å². The number of hydrogen-bond acceptors (Lipinski definition) is 2. The van der Waals surface area contributed by atoms with Crippen LogP contribution >= 0.6 is 0 Å². The Morgan fingerprint density at radius 2 is 1.65 bits per heavy atom. The van der Waals surface area contributed by atoms with Gasteiger partial charge < -0.3 is 10.3 Å². The number of anilines is 2. The summed E-state index contributed by atoms with van der Waals surface area (Å²) in [5.74, 6) is 0.773. The molecule has 2 N–H and O–H groups in total. The minimum absolute atomic E-state index is 0.178. The highest BCUT2D eigenvalue weighted by molar-refractivity contribution is 5.78. The lowest BCUT2D eigenvalue weighted by Gasteiger charge is -2.19. The monoisotopic (exact) mass is 265 g/mol. The maximum absolute atomic E-state index is 4.51. The van der Waals surface area contributed by atoms with Crippen LogP contribution < -0.4 is 5.32 Å². The number of hydrogen-bond donors (Lipinski definition) is 2. The first-order valence-corrected chi connectivity index (χ1v) is 6.85. The molecule has 2 aromatic carbocycles. The van der Waals surface area contributed by atoms with Crippen molar-refractivity contribution >= 4 is 22.7 Å². The summed E-state index contributed by atoms with van der Waals surface area (Å²) < 4.78 is 0. The van der Waals surface area contributed by atoms with Gasteiger partial charge in [0.1, 0.15) is 0 Å². The summed E-state index contributed by atoms with van der Waals surface area (Å²) in [4.78, 5) is 7.78. The average molecular weight is 265 g/mol. The Morgan fingerprint density at radius 3 is 2.30 bits per heavy atom. The van der Waals surface area contributed by atoms with E-state index in [-0.39, 0.29) is 5.41 Å². The van der Waals surface area contributed by atoms with Crippen LogP contribution in [0.25, 0.3) is 11.0 Å². The van der Waals surface area contributed by atoms with Gasteiger partial charge in [-0.1, -0.05) is 45.0 Å². The zero-order valence-electron chi connectivity index (χ0n) is 12.1. The third-order valence-corrected chi connectivity index (χ3v) is 3.40. The third kappa shape index (κ3) is 2.52. The van der Waals surface area contributed by atoms with E-state index < -0.39 is 0 Å². The Hall–Kier alpha value is -2.29. The normalized spacial score (nSPS) is 11.8. The van der Waals surface area contributed by atoms with E-state index in [0.29, 0.717) is 0 Å². The zero-order valence-corrected chi connectivity index (χ0v) is 12.1. The molecular weight excluding hydrogens is 246 g/mol. The zero-order chi connectivity index (χ0) is 14.2. The first-order valence-electron chi connectivity index (χ1n) is 6.85. The number of fused-ring (bicyclic) bond motifs is 1. The Balaban J connectivity index is 1.84. The van der Waals surface area contributed by atoms with E-state index >= 15 is 0 Å². The van der Waals surface area contributed by atoms with Crippen molar-refractivity contribution in [2.75, 3.05) is 5.32 Å². The fourth-order valence-corrected chi connectivity index (χ4v) is 2.20. The second-order valence-corrected chi connectivity index (χ2v) is 6.05. The molecule has 0 amide bonds. The lowest BCUT2D eigenvalue weighted by Crippen LogP contribution is -2.10. The molecular formula is C17H19N3. The first-order chi connectivity index (χ1) is 9.52. The van der Waals surface area contributed by atoms with Gasteiger partial charge in [0.05, 0.1) is 11.0 Å². The molecule has 3 rings (SSSR count). The first kappa shape index (κ1) is 12.7. The average Bonchev–Trinajstić information content (AvgIpc) is 2.80. The summed E-state index contributed by atoms with van der Waals surface area (Å²) >= 11 is 0. The molecule has 1 heterocycles. The highest BCUT2D eigenvalue weighted by Gasteiger charge is 2.12. The molecule has 0 aliphatic rings. The molecule has 0 aliphatic heterocycles. The van der Waals surface area contributed by atoms with Gasteiger partial charge in [0.2, 0.25) is 5.95 Å². The highest BCUT2D eigenvalue weighted by Crippen LogP contribution is 2.24. The summed E-state index contributed by atoms with van der Waals surface area (Å²) in [6.07, 6.45) is 0. The lowest BCUT2D eigenvalue weighted by molar-refractivity contribution is 0.590. The van der Waals surface area contributed by atoms with Gasteiger partial charge in [-0.2, -0.15) is 0 Å². The number of aromatic nitrogens is 2. The molecule has 0 bridgehead atoms. The molecule has 102 valence electrons. The number of benzene rings is 2. The van der Waals surface area contributed by atoms with Crippen LogP contribution in [-0.2, 0) is 5.41 Å². The van der Waals surface area contributed by atoms with Crippen molar-refractivity contribution < 1.29 is 0 Å². The molecule has 0 saturated heterocycles. The topological polar surface area (TPSA) is 40.7 Å². The largest absolute Gasteiger partial charge is 0.326 e. The van der Waals surface area contributed by atoms with Crippen molar-refractivity contribution in [2.45, 2.75) is 26.2 Å². The lowest BCUT2D eigenvalue weighted by atomic mass is 9.87. The minimum atomic E-state index is 0.178. The number of rotatable bonds is 2. The van der Waals surface area contributed by atoms with Gasteiger partial charge in [-0.3, -0.25) is 0 Å². The fourth-order valence-electron chi connectivity index (χ4n) is 2.20. The van der Waals surface area contributed by atoms with Gasteiger partial charge in [-0.15, -0.1) is 0 Å². The van der Waals surface area contributed by atoms with Gasteiger partial charge in [-0.05, 0) is 35.2 Å². The molecule has 0 fully saturated rings. The number of imidazole rings is 1. The van der Waals surface area contributed by atoms with Crippen molar-refractivity contribution in [3.05, 3.63) is 54.1 Å². The number of para-hydroxylation sites is 2. The summed E-state index contributed by atoms with van der Waals surface area (Å²) in [7, 11) is 0. The minimum Gasteiger partial charge on any atom is -0.326 e. The predicted molar refractivity (Wildman–Crippen MR) is 84.5 cm³/mol.